The van der Waals surface area contributed by atoms with Crippen LogP contribution in [0.3, 0.4) is 0 Å². The summed E-state index contributed by atoms with van der Waals surface area (Å²) in [5, 5.41) is 16.0. The van der Waals surface area contributed by atoms with E-state index < -0.39 is 4.92 Å². The highest BCUT2D eigenvalue weighted by Crippen LogP contribution is 2.31. The van der Waals surface area contributed by atoms with Crippen LogP contribution in [0.1, 0.15) is 0 Å². The van der Waals surface area contributed by atoms with Gasteiger partial charge >= 0.3 is 0 Å². The summed E-state index contributed by atoms with van der Waals surface area (Å²) in [7, 11) is 1.76. The number of nitrogens with zero attached hydrogens (tertiary/aromatic N) is 5. The molecule has 0 unspecified atom stereocenters. The number of nitro groups is 1. The lowest BCUT2D eigenvalue weighted by atomic mass is 10.1. The summed E-state index contributed by atoms with van der Waals surface area (Å²) in [5.41, 5.74) is 1.66. The van der Waals surface area contributed by atoms with Gasteiger partial charge in [-0.1, -0.05) is 0 Å². The molecular formula is C12H9N5O2. The van der Waals surface area contributed by atoms with Crippen LogP contribution in [0.2, 0.25) is 0 Å². The average Bonchev–Trinajstić information content (AvgIpc) is 2.83. The van der Waals surface area contributed by atoms with Gasteiger partial charge in [0, 0.05) is 30.9 Å². The SMILES string of the molecule is Cn1ccc(-c2cc3ncncc3cc2[N+](=O)[O-])n1. The van der Waals surface area contributed by atoms with E-state index in [1.54, 1.807) is 36.3 Å². The monoisotopic (exact) mass is 255 g/mol. The van der Waals surface area contributed by atoms with Crippen LogP contribution < -0.4 is 0 Å². The van der Waals surface area contributed by atoms with Crippen LogP contribution in [0.15, 0.2) is 36.9 Å². The summed E-state index contributed by atoms with van der Waals surface area (Å²) in [6.07, 6.45) is 4.71. The predicted molar refractivity (Wildman–Crippen MR) is 68.4 cm³/mol. The third-order valence-electron chi connectivity index (χ3n) is 2.81. The van der Waals surface area contributed by atoms with Crippen LogP contribution in [-0.2, 0) is 7.05 Å². The number of hydrogen-bond acceptors (Lipinski definition) is 5. The summed E-state index contributed by atoms with van der Waals surface area (Å²) >= 11 is 0. The van der Waals surface area contributed by atoms with E-state index in [0.29, 0.717) is 22.2 Å². The Hall–Kier alpha value is -2.83. The van der Waals surface area contributed by atoms with Gasteiger partial charge in [-0.15, -0.1) is 0 Å². The van der Waals surface area contributed by atoms with Crippen molar-refractivity contribution in [3.05, 3.63) is 47.0 Å². The summed E-state index contributed by atoms with van der Waals surface area (Å²) < 4.78 is 1.60. The second-order valence-corrected chi connectivity index (χ2v) is 4.08. The van der Waals surface area contributed by atoms with E-state index in [1.807, 2.05) is 0 Å². The number of nitro benzene ring substituents is 1. The Labute approximate surface area is 107 Å². The lowest BCUT2D eigenvalue weighted by Gasteiger charge is -2.02. The summed E-state index contributed by atoms with van der Waals surface area (Å²) in [6.45, 7) is 0. The average molecular weight is 255 g/mol. The van der Waals surface area contributed by atoms with Gasteiger partial charge in [-0.2, -0.15) is 5.10 Å². The predicted octanol–water partition coefficient (Wildman–Crippen LogP) is 1.94. The third-order valence-corrected chi connectivity index (χ3v) is 2.81. The van der Waals surface area contributed by atoms with Gasteiger partial charge in [0.1, 0.15) is 6.33 Å². The fourth-order valence-corrected chi connectivity index (χ4v) is 1.93. The molecule has 7 nitrogen and oxygen atoms in total. The molecule has 0 amide bonds. The topological polar surface area (TPSA) is 86.7 Å². The van der Waals surface area contributed by atoms with Crippen LogP contribution in [-0.4, -0.2) is 24.7 Å². The molecule has 3 rings (SSSR count). The highest BCUT2D eigenvalue weighted by molar-refractivity contribution is 5.88. The molecule has 3 aromatic rings. The van der Waals surface area contributed by atoms with Gasteiger partial charge in [0.25, 0.3) is 5.69 Å². The van der Waals surface area contributed by atoms with Gasteiger partial charge < -0.3 is 0 Å². The van der Waals surface area contributed by atoms with E-state index in [4.69, 9.17) is 0 Å². The van der Waals surface area contributed by atoms with Gasteiger partial charge in [0.2, 0.25) is 0 Å². The zero-order valence-electron chi connectivity index (χ0n) is 10.0. The molecule has 0 saturated heterocycles. The number of rotatable bonds is 2. The summed E-state index contributed by atoms with van der Waals surface area (Å²) in [6, 6.07) is 4.87. The Morgan fingerprint density at radius 1 is 1.37 bits per heavy atom. The zero-order chi connectivity index (χ0) is 13.4. The van der Waals surface area contributed by atoms with Gasteiger partial charge in [0.05, 0.1) is 21.7 Å². The molecule has 0 saturated carbocycles. The minimum Gasteiger partial charge on any atom is -0.275 e. The number of hydrogen-bond donors (Lipinski definition) is 0. The minimum absolute atomic E-state index is 0.000926. The second-order valence-electron chi connectivity index (χ2n) is 4.08. The first-order valence-electron chi connectivity index (χ1n) is 5.53. The van der Waals surface area contributed by atoms with Crippen LogP contribution in [0, 0.1) is 10.1 Å². The molecule has 2 heterocycles. The summed E-state index contributed by atoms with van der Waals surface area (Å²) in [5.74, 6) is 0. The first kappa shape index (κ1) is 11.3. The molecule has 0 fully saturated rings. The van der Waals surface area contributed by atoms with Crippen molar-refractivity contribution < 1.29 is 4.92 Å². The lowest BCUT2D eigenvalue weighted by Crippen LogP contribution is -1.95. The van der Waals surface area contributed by atoms with E-state index in [2.05, 4.69) is 15.1 Å². The molecule has 0 aliphatic heterocycles. The van der Waals surface area contributed by atoms with E-state index in [0.717, 1.165) is 0 Å². The van der Waals surface area contributed by atoms with E-state index in [1.165, 1.54) is 12.4 Å². The number of aromatic nitrogens is 4. The molecule has 19 heavy (non-hydrogen) atoms. The Balaban J connectivity index is 2.32. The molecule has 2 aromatic heterocycles. The Kier molecular flexibility index (Phi) is 2.45. The van der Waals surface area contributed by atoms with Crippen molar-refractivity contribution in [2.45, 2.75) is 0 Å². The number of benzene rings is 1. The van der Waals surface area contributed by atoms with Crippen LogP contribution >= 0.6 is 0 Å². The molecule has 7 heteroatoms. The van der Waals surface area contributed by atoms with E-state index >= 15 is 0 Å². The van der Waals surface area contributed by atoms with Gasteiger partial charge in [-0.05, 0) is 12.1 Å². The molecule has 94 valence electrons. The van der Waals surface area contributed by atoms with E-state index in [-0.39, 0.29) is 5.69 Å². The highest BCUT2D eigenvalue weighted by atomic mass is 16.6. The maximum atomic E-state index is 11.2. The van der Waals surface area contributed by atoms with Crippen molar-refractivity contribution >= 4 is 16.6 Å². The van der Waals surface area contributed by atoms with Crippen molar-refractivity contribution in [2.75, 3.05) is 0 Å². The fraction of sp³-hybridized carbons (Fsp3) is 0.0833. The molecule has 0 N–H and O–H groups in total. The van der Waals surface area contributed by atoms with Crippen molar-refractivity contribution in [3.63, 3.8) is 0 Å². The molecule has 0 aliphatic rings. The molecule has 0 radical (unpaired) electrons. The molecular weight excluding hydrogens is 246 g/mol. The summed E-state index contributed by atoms with van der Waals surface area (Å²) in [4.78, 5) is 18.7. The molecule has 0 spiro atoms. The van der Waals surface area contributed by atoms with Crippen LogP contribution in [0.4, 0.5) is 5.69 Å². The molecule has 0 atom stereocenters. The third kappa shape index (κ3) is 1.90. The number of aryl methyl sites for hydroxylation is 1. The van der Waals surface area contributed by atoms with Crippen molar-refractivity contribution in [1.82, 2.24) is 19.7 Å². The normalized spacial score (nSPS) is 10.8. The Morgan fingerprint density at radius 2 is 2.21 bits per heavy atom. The van der Waals surface area contributed by atoms with Gasteiger partial charge in [-0.3, -0.25) is 14.8 Å². The fourth-order valence-electron chi connectivity index (χ4n) is 1.93. The first-order valence-corrected chi connectivity index (χ1v) is 5.53. The van der Waals surface area contributed by atoms with Crippen LogP contribution in [0.25, 0.3) is 22.2 Å². The van der Waals surface area contributed by atoms with E-state index in [9.17, 15) is 10.1 Å². The lowest BCUT2D eigenvalue weighted by molar-refractivity contribution is -0.384. The zero-order valence-corrected chi connectivity index (χ0v) is 10.0. The minimum atomic E-state index is -0.420. The largest absolute Gasteiger partial charge is 0.279 e. The molecule has 0 aliphatic carbocycles. The van der Waals surface area contributed by atoms with Crippen LogP contribution in [0.5, 0.6) is 0 Å². The van der Waals surface area contributed by atoms with Crippen molar-refractivity contribution in [2.24, 2.45) is 7.05 Å². The van der Waals surface area contributed by atoms with Crippen molar-refractivity contribution in [3.8, 4) is 11.3 Å². The molecule has 1 aromatic carbocycles. The molecule has 0 bridgehead atoms. The van der Waals surface area contributed by atoms with Crippen molar-refractivity contribution in [1.29, 1.82) is 0 Å². The van der Waals surface area contributed by atoms with Gasteiger partial charge in [-0.25, -0.2) is 9.97 Å². The highest BCUT2D eigenvalue weighted by Gasteiger charge is 2.18. The Bertz CT molecular complexity index is 781. The quantitative estimate of drug-likeness (QED) is 0.516. The maximum Gasteiger partial charge on any atom is 0.279 e. The smallest absolute Gasteiger partial charge is 0.275 e. The standard InChI is InChI=1S/C12H9N5O2/c1-16-3-2-10(15-16)9-5-11-8(6-13-7-14-11)4-12(9)17(18)19/h2-7H,1H3. The van der Waals surface area contributed by atoms with Gasteiger partial charge in [0.15, 0.2) is 0 Å². The Morgan fingerprint density at radius 3 is 2.89 bits per heavy atom. The maximum absolute atomic E-state index is 11.2. The number of fused-ring (bicyclic) bond motifs is 1. The second kappa shape index (κ2) is 4.13. The first-order chi connectivity index (χ1) is 9.15.